The molecule has 0 fully saturated rings. The SMILES string of the molecule is CC(=O)NNC(=O)c1cccc(C(=O)N(NOc2cccc3ccccc23)Oc2cccc3ccccc23)c1. The lowest BCUT2D eigenvalue weighted by atomic mass is 10.1. The van der Waals surface area contributed by atoms with Gasteiger partial charge < -0.3 is 9.68 Å². The highest BCUT2D eigenvalue weighted by molar-refractivity contribution is 6.00. The van der Waals surface area contributed by atoms with Gasteiger partial charge in [0.1, 0.15) is 0 Å². The van der Waals surface area contributed by atoms with E-state index in [0.29, 0.717) is 11.5 Å². The van der Waals surface area contributed by atoms with Gasteiger partial charge in [0.2, 0.25) is 5.91 Å². The average molecular weight is 521 g/mol. The van der Waals surface area contributed by atoms with Crippen LogP contribution in [0.2, 0.25) is 0 Å². The molecular formula is C30H24N4O5. The molecule has 5 aromatic carbocycles. The Morgan fingerprint density at radius 2 is 1.21 bits per heavy atom. The van der Waals surface area contributed by atoms with Crippen molar-refractivity contribution >= 4 is 39.3 Å². The molecule has 0 radical (unpaired) electrons. The largest absolute Gasteiger partial charge is 0.385 e. The van der Waals surface area contributed by atoms with E-state index in [4.69, 9.17) is 9.68 Å². The van der Waals surface area contributed by atoms with Gasteiger partial charge in [-0.3, -0.25) is 25.2 Å². The molecule has 194 valence electrons. The van der Waals surface area contributed by atoms with Crippen LogP contribution < -0.4 is 26.1 Å². The number of carbonyl (C=O) groups excluding carboxylic acids is 3. The van der Waals surface area contributed by atoms with Crippen molar-refractivity contribution < 1.29 is 24.1 Å². The van der Waals surface area contributed by atoms with Crippen molar-refractivity contribution in [3.05, 3.63) is 120 Å². The van der Waals surface area contributed by atoms with E-state index < -0.39 is 17.7 Å². The van der Waals surface area contributed by atoms with Crippen LogP contribution >= 0.6 is 0 Å². The summed E-state index contributed by atoms with van der Waals surface area (Å²) in [6.07, 6.45) is 0. The molecule has 0 spiro atoms. The van der Waals surface area contributed by atoms with Crippen molar-refractivity contribution in [2.75, 3.05) is 0 Å². The minimum atomic E-state index is -0.627. The zero-order valence-electron chi connectivity index (χ0n) is 20.9. The van der Waals surface area contributed by atoms with E-state index in [-0.39, 0.29) is 11.1 Å². The highest BCUT2D eigenvalue weighted by Gasteiger charge is 2.22. The number of hydrogen-bond acceptors (Lipinski definition) is 6. The van der Waals surface area contributed by atoms with Gasteiger partial charge in [-0.15, -0.1) is 0 Å². The second-order valence-electron chi connectivity index (χ2n) is 8.55. The predicted octanol–water partition coefficient (Wildman–Crippen LogP) is 4.71. The molecule has 0 aromatic heterocycles. The molecule has 5 aromatic rings. The Morgan fingerprint density at radius 3 is 1.90 bits per heavy atom. The Labute approximate surface area is 223 Å². The quantitative estimate of drug-likeness (QED) is 0.268. The summed E-state index contributed by atoms with van der Waals surface area (Å²) in [6.45, 7) is 1.27. The number of hydroxylamine groups is 1. The number of amides is 3. The first-order chi connectivity index (χ1) is 19.0. The zero-order valence-corrected chi connectivity index (χ0v) is 20.9. The number of nitrogens with zero attached hydrogens (tertiary/aromatic N) is 1. The van der Waals surface area contributed by atoms with E-state index in [1.54, 1.807) is 18.2 Å². The van der Waals surface area contributed by atoms with Gasteiger partial charge in [0.15, 0.2) is 11.5 Å². The topological polar surface area (TPSA) is 109 Å². The molecule has 0 bridgehead atoms. The molecule has 0 saturated heterocycles. The van der Waals surface area contributed by atoms with Crippen LogP contribution in [0, 0.1) is 0 Å². The number of hydrogen-bond donors (Lipinski definition) is 3. The fourth-order valence-electron chi connectivity index (χ4n) is 3.98. The summed E-state index contributed by atoms with van der Waals surface area (Å²) in [4.78, 5) is 49.2. The van der Waals surface area contributed by atoms with Crippen molar-refractivity contribution in [2.45, 2.75) is 6.92 Å². The smallest absolute Gasteiger partial charge is 0.306 e. The molecule has 0 aliphatic rings. The fourth-order valence-corrected chi connectivity index (χ4v) is 3.98. The number of nitrogens with one attached hydrogen (secondary N) is 3. The van der Waals surface area contributed by atoms with Gasteiger partial charge in [0.05, 0.1) is 0 Å². The Bertz CT molecular complexity index is 1680. The summed E-state index contributed by atoms with van der Waals surface area (Å²) in [7, 11) is 0. The van der Waals surface area contributed by atoms with E-state index in [1.807, 2.05) is 72.8 Å². The minimum Gasteiger partial charge on any atom is -0.385 e. The lowest BCUT2D eigenvalue weighted by molar-refractivity contribution is -0.140. The first-order valence-corrected chi connectivity index (χ1v) is 12.1. The van der Waals surface area contributed by atoms with Gasteiger partial charge in [-0.2, -0.15) is 0 Å². The summed E-state index contributed by atoms with van der Waals surface area (Å²) in [5.74, 6) is -0.746. The van der Waals surface area contributed by atoms with Gasteiger partial charge in [0, 0.05) is 28.8 Å². The third-order valence-electron chi connectivity index (χ3n) is 5.84. The lowest BCUT2D eigenvalue weighted by Crippen LogP contribution is -2.47. The molecule has 9 heteroatoms. The van der Waals surface area contributed by atoms with E-state index in [1.165, 1.54) is 25.1 Å². The van der Waals surface area contributed by atoms with Crippen LogP contribution in [-0.4, -0.2) is 22.9 Å². The average Bonchev–Trinajstić information content (AvgIpc) is 2.97. The molecule has 3 N–H and O–H groups in total. The first-order valence-electron chi connectivity index (χ1n) is 12.1. The van der Waals surface area contributed by atoms with E-state index in [9.17, 15) is 14.4 Å². The predicted molar refractivity (Wildman–Crippen MR) is 146 cm³/mol. The second kappa shape index (κ2) is 11.3. The first kappa shape index (κ1) is 25.2. The van der Waals surface area contributed by atoms with E-state index in [0.717, 1.165) is 26.7 Å². The number of hydrazine groups is 2. The summed E-state index contributed by atoms with van der Waals surface area (Å²) in [6, 6.07) is 32.3. The second-order valence-corrected chi connectivity index (χ2v) is 8.55. The Hall–Kier alpha value is -5.41. The van der Waals surface area contributed by atoms with Crippen molar-refractivity contribution in [1.29, 1.82) is 0 Å². The van der Waals surface area contributed by atoms with Crippen molar-refractivity contribution in [3.8, 4) is 11.5 Å². The molecule has 0 aliphatic carbocycles. The molecular weight excluding hydrogens is 496 g/mol. The lowest BCUT2D eigenvalue weighted by Gasteiger charge is -2.23. The number of rotatable bonds is 7. The number of benzene rings is 5. The van der Waals surface area contributed by atoms with Crippen LogP contribution in [0.4, 0.5) is 0 Å². The molecule has 9 nitrogen and oxygen atoms in total. The number of fused-ring (bicyclic) bond motifs is 2. The highest BCUT2D eigenvalue weighted by atomic mass is 16.8. The summed E-state index contributed by atoms with van der Waals surface area (Å²) in [5, 5.41) is 4.38. The zero-order chi connectivity index (χ0) is 27.2. The van der Waals surface area contributed by atoms with Crippen LogP contribution in [-0.2, 0) is 4.79 Å². The van der Waals surface area contributed by atoms with E-state index >= 15 is 0 Å². The standard InChI is InChI=1S/C30H24N4O5/c1-20(35)31-32-29(36)23-13-6-14-24(19-23)30(37)34(39-28-18-8-12-22-10-3-5-16-26(22)28)33-38-27-17-7-11-21-9-2-4-15-25(21)27/h2-19,33H,1H3,(H,31,35)(H,32,36). The van der Waals surface area contributed by atoms with Crippen molar-refractivity contribution in [2.24, 2.45) is 0 Å². The fraction of sp³-hybridized carbons (Fsp3) is 0.0333. The van der Waals surface area contributed by atoms with Crippen LogP contribution in [0.5, 0.6) is 11.5 Å². The van der Waals surface area contributed by atoms with Gasteiger partial charge in [-0.1, -0.05) is 84.0 Å². The monoisotopic (exact) mass is 520 g/mol. The van der Waals surface area contributed by atoms with E-state index in [2.05, 4.69) is 16.4 Å². The van der Waals surface area contributed by atoms with Gasteiger partial charge in [-0.05, 0) is 46.7 Å². The molecule has 0 unspecified atom stereocenters. The Kier molecular flexibility index (Phi) is 7.33. The molecule has 0 heterocycles. The third kappa shape index (κ3) is 5.79. The minimum absolute atomic E-state index is 0.139. The van der Waals surface area contributed by atoms with Crippen molar-refractivity contribution in [1.82, 2.24) is 21.6 Å². The molecule has 0 aliphatic heterocycles. The summed E-state index contributed by atoms with van der Waals surface area (Å²) < 4.78 is 0. The third-order valence-corrected chi connectivity index (χ3v) is 5.84. The van der Waals surface area contributed by atoms with Crippen LogP contribution in [0.25, 0.3) is 21.5 Å². The Morgan fingerprint density at radius 1 is 0.641 bits per heavy atom. The van der Waals surface area contributed by atoms with Crippen LogP contribution in [0.15, 0.2) is 109 Å². The van der Waals surface area contributed by atoms with Gasteiger partial charge in [0.25, 0.3) is 5.91 Å². The molecule has 3 amide bonds. The number of carbonyl (C=O) groups is 3. The molecule has 5 rings (SSSR count). The maximum Gasteiger partial charge on any atom is 0.306 e. The summed E-state index contributed by atoms with van der Waals surface area (Å²) in [5.41, 5.74) is 7.44. The maximum atomic E-state index is 13.7. The maximum absolute atomic E-state index is 13.7. The van der Waals surface area contributed by atoms with Crippen LogP contribution in [0.1, 0.15) is 27.6 Å². The highest BCUT2D eigenvalue weighted by Crippen LogP contribution is 2.27. The molecule has 39 heavy (non-hydrogen) atoms. The molecule has 0 saturated carbocycles. The molecule has 0 atom stereocenters. The van der Waals surface area contributed by atoms with Crippen molar-refractivity contribution in [3.63, 3.8) is 0 Å². The Balaban J connectivity index is 1.46. The summed E-state index contributed by atoms with van der Waals surface area (Å²) >= 11 is 0. The van der Waals surface area contributed by atoms with Gasteiger partial charge in [-0.25, -0.2) is 0 Å². The normalized spacial score (nSPS) is 10.6. The van der Waals surface area contributed by atoms with Crippen LogP contribution in [0.3, 0.4) is 0 Å². The van der Waals surface area contributed by atoms with Gasteiger partial charge >= 0.3 is 5.91 Å².